The monoisotopic (exact) mass is 241 g/mol. The normalized spacial score (nSPS) is 33.9. The van der Waals surface area contributed by atoms with Crippen LogP contribution in [-0.4, -0.2) is 37.4 Å². The lowest BCUT2D eigenvalue weighted by Crippen LogP contribution is -2.52. The molecule has 2 saturated heterocycles. The summed E-state index contributed by atoms with van der Waals surface area (Å²) in [5.41, 5.74) is -0.392. The highest BCUT2D eigenvalue weighted by atomic mass is 16.6. The van der Waals surface area contributed by atoms with Crippen molar-refractivity contribution in [2.45, 2.75) is 45.3 Å². The molecule has 17 heavy (non-hydrogen) atoms. The molecule has 4 nitrogen and oxygen atoms in total. The molecule has 2 rings (SSSR count). The molecule has 0 aromatic rings. The third-order valence-electron chi connectivity index (χ3n) is 3.43. The number of esters is 1. The Labute approximate surface area is 103 Å². The summed E-state index contributed by atoms with van der Waals surface area (Å²) in [6.07, 6.45) is 1.96. The van der Waals surface area contributed by atoms with Crippen molar-refractivity contribution in [3.63, 3.8) is 0 Å². The maximum absolute atomic E-state index is 12.0. The minimum atomic E-state index is -0.392. The third-order valence-corrected chi connectivity index (χ3v) is 3.43. The quantitative estimate of drug-likeness (QED) is 0.704. The molecule has 0 spiro atoms. The van der Waals surface area contributed by atoms with E-state index in [1.54, 1.807) is 0 Å². The van der Waals surface area contributed by atoms with Gasteiger partial charge in [-0.1, -0.05) is 0 Å². The topological polar surface area (TPSA) is 47.6 Å². The first-order valence-corrected chi connectivity index (χ1v) is 6.50. The van der Waals surface area contributed by atoms with Gasteiger partial charge in [0.2, 0.25) is 0 Å². The molecule has 2 aliphatic rings. The van der Waals surface area contributed by atoms with Crippen molar-refractivity contribution in [1.29, 1.82) is 0 Å². The third kappa shape index (κ3) is 3.42. The van der Waals surface area contributed by atoms with Crippen LogP contribution in [0.4, 0.5) is 0 Å². The number of hydrogen-bond donors (Lipinski definition) is 1. The second kappa shape index (κ2) is 4.94. The van der Waals surface area contributed by atoms with Crippen molar-refractivity contribution in [3.05, 3.63) is 0 Å². The standard InChI is InChI=1S/C13H23NO3/c1-13(2,3)17-12(15)9-6-10-8-16-5-4-11(10)14-7-9/h9-11,14H,4-8H2,1-3H3. The van der Waals surface area contributed by atoms with E-state index < -0.39 is 5.60 Å². The van der Waals surface area contributed by atoms with Crippen LogP contribution in [0, 0.1) is 11.8 Å². The molecule has 0 amide bonds. The Hall–Kier alpha value is -0.610. The van der Waals surface area contributed by atoms with Gasteiger partial charge in [0.05, 0.1) is 12.5 Å². The lowest BCUT2D eigenvalue weighted by molar-refractivity contribution is -0.162. The van der Waals surface area contributed by atoms with Crippen LogP contribution in [0.3, 0.4) is 0 Å². The van der Waals surface area contributed by atoms with Gasteiger partial charge in [-0.25, -0.2) is 0 Å². The van der Waals surface area contributed by atoms with Crippen molar-refractivity contribution >= 4 is 5.97 Å². The highest BCUT2D eigenvalue weighted by Crippen LogP contribution is 2.28. The Morgan fingerprint density at radius 3 is 2.88 bits per heavy atom. The van der Waals surface area contributed by atoms with Crippen molar-refractivity contribution in [1.82, 2.24) is 5.32 Å². The van der Waals surface area contributed by atoms with Crippen LogP contribution in [0.5, 0.6) is 0 Å². The summed E-state index contributed by atoms with van der Waals surface area (Å²) in [5, 5.41) is 3.46. The lowest BCUT2D eigenvalue weighted by atomic mass is 9.82. The van der Waals surface area contributed by atoms with Crippen LogP contribution in [0.1, 0.15) is 33.6 Å². The van der Waals surface area contributed by atoms with Crippen molar-refractivity contribution in [2.24, 2.45) is 11.8 Å². The molecule has 0 aromatic heterocycles. The van der Waals surface area contributed by atoms with Crippen LogP contribution in [-0.2, 0) is 14.3 Å². The fraction of sp³-hybridized carbons (Fsp3) is 0.923. The van der Waals surface area contributed by atoms with Crippen molar-refractivity contribution in [3.8, 4) is 0 Å². The van der Waals surface area contributed by atoms with E-state index in [9.17, 15) is 4.79 Å². The first kappa shape index (κ1) is 12.8. The van der Waals surface area contributed by atoms with E-state index in [0.717, 1.165) is 32.6 Å². The SMILES string of the molecule is CC(C)(C)OC(=O)C1CNC2CCOCC2C1. The fourth-order valence-corrected chi connectivity index (χ4v) is 2.60. The molecule has 3 atom stereocenters. The van der Waals surface area contributed by atoms with Crippen LogP contribution in [0.25, 0.3) is 0 Å². The number of fused-ring (bicyclic) bond motifs is 1. The number of ether oxygens (including phenoxy) is 2. The van der Waals surface area contributed by atoms with Gasteiger partial charge in [0.15, 0.2) is 0 Å². The van der Waals surface area contributed by atoms with E-state index in [1.165, 1.54) is 0 Å². The van der Waals surface area contributed by atoms with Gasteiger partial charge in [0.25, 0.3) is 0 Å². The highest BCUT2D eigenvalue weighted by Gasteiger charge is 2.37. The molecule has 4 heteroatoms. The molecule has 0 aliphatic carbocycles. The molecule has 1 N–H and O–H groups in total. The second-order valence-electron chi connectivity index (χ2n) is 6.10. The maximum atomic E-state index is 12.0. The molecule has 3 unspecified atom stereocenters. The van der Waals surface area contributed by atoms with Gasteiger partial charge in [-0.2, -0.15) is 0 Å². The predicted octanol–water partition coefficient (Wildman–Crippen LogP) is 1.34. The first-order chi connectivity index (χ1) is 7.96. The Kier molecular flexibility index (Phi) is 3.73. The fourth-order valence-electron chi connectivity index (χ4n) is 2.60. The van der Waals surface area contributed by atoms with Crippen LogP contribution < -0.4 is 5.32 Å². The smallest absolute Gasteiger partial charge is 0.310 e. The molecule has 0 saturated carbocycles. The Bertz CT molecular complexity index is 285. The van der Waals surface area contributed by atoms with Crippen LogP contribution in [0.15, 0.2) is 0 Å². The van der Waals surface area contributed by atoms with Gasteiger partial charge >= 0.3 is 5.97 Å². The molecule has 2 heterocycles. The van der Waals surface area contributed by atoms with E-state index in [1.807, 2.05) is 20.8 Å². The van der Waals surface area contributed by atoms with E-state index in [2.05, 4.69) is 5.32 Å². The molecular formula is C13H23NO3. The second-order valence-corrected chi connectivity index (χ2v) is 6.10. The molecule has 0 aromatic carbocycles. The molecule has 0 bridgehead atoms. The molecule has 0 radical (unpaired) electrons. The average molecular weight is 241 g/mol. The van der Waals surface area contributed by atoms with Gasteiger partial charge in [0.1, 0.15) is 5.60 Å². The number of hydrogen-bond acceptors (Lipinski definition) is 4. The number of carbonyl (C=O) groups excluding carboxylic acids is 1. The molecule has 98 valence electrons. The zero-order valence-corrected chi connectivity index (χ0v) is 11.0. The number of nitrogens with one attached hydrogen (secondary N) is 1. The Balaban J connectivity index is 1.89. The Morgan fingerprint density at radius 1 is 1.41 bits per heavy atom. The van der Waals surface area contributed by atoms with Gasteiger partial charge in [-0.05, 0) is 39.5 Å². The highest BCUT2D eigenvalue weighted by molar-refractivity contribution is 5.73. The number of rotatable bonds is 1. The average Bonchev–Trinajstić information content (AvgIpc) is 2.26. The largest absolute Gasteiger partial charge is 0.460 e. The summed E-state index contributed by atoms with van der Waals surface area (Å²) in [7, 11) is 0. The van der Waals surface area contributed by atoms with Gasteiger partial charge in [-0.3, -0.25) is 4.79 Å². The zero-order valence-electron chi connectivity index (χ0n) is 11.0. The van der Waals surface area contributed by atoms with E-state index >= 15 is 0 Å². The van der Waals surface area contributed by atoms with Crippen LogP contribution >= 0.6 is 0 Å². The van der Waals surface area contributed by atoms with Crippen LogP contribution in [0.2, 0.25) is 0 Å². The summed E-state index contributed by atoms with van der Waals surface area (Å²) in [5.74, 6) is 0.376. The summed E-state index contributed by atoms with van der Waals surface area (Å²) in [6, 6.07) is 0.530. The number of carbonyl (C=O) groups is 1. The minimum Gasteiger partial charge on any atom is -0.460 e. The summed E-state index contributed by atoms with van der Waals surface area (Å²) in [4.78, 5) is 12.0. The van der Waals surface area contributed by atoms with Crippen molar-refractivity contribution < 1.29 is 14.3 Å². The van der Waals surface area contributed by atoms with Gasteiger partial charge in [0, 0.05) is 19.2 Å². The summed E-state index contributed by atoms with van der Waals surface area (Å²) < 4.78 is 10.9. The molecular weight excluding hydrogens is 218 g/mol. The summed E-state index contributed by atoms with van der Waals surface area (Å²) >= 11 is 0. The maximum Gasteiger partial charge on any atom is 0.310 e. The summed E-state index contributed by atoms with van der Waals surface area (Å²) in [6.45, 7) is 8.09. The zero-order chi connectivity index (χ0) is 12.5. The molecule has 2 aliphatic heterocycles. The Morgan fingerprint density at radius 2 is 2.18 bits per heavy atom. The van der Waals surface area contributed by atoms with E-state index in [0.29, 0.717) is 12.0 Å². The first-order valence-electron chi connectivity index (χ1n) is 6.50. The van der Waals surface area contributed by atoms with Crippen molar-refractivity contribution in [2.75, 3.05) is 19.8 Å². The van der Waals surface area contributed by atoms with E-state index in [4.69, 9.17) is 9.47 Å². The number of piperidine rings is 1. The van der Waals surface area contributed by atoms with Gasteiger partial charge in [-0.15, -0.1) is 0 Å². The predicted molar refractivity (Wildman–Crippen MR) is 64.7 cm³/mol. The lowest BCUT2D eigenvalue weighted by Gasteiger charge is -2.39. The van der Waals surface area contributed by atoms with Gasteiger partial charge < -0.3 is 14.8 Å². The minimum absolute atomic E-state index is 0.0165. The van der Waals surface area contributed by atoms with E-state index in [-0.39, 0.29) is 11.9 Å². The molecule has 2 fully saturated rings.